The van der Waals surface area contributed by atoms with Gasteiger partial charge in [0.1, 0.15) is 19.4 Å². The third-order valence-corrected chi connectivity index (χ3v) is 6.00. The molecular weight excluding hydrogens is 510 g/mol. The van der Waals surface area contributed by atoms with Crippen LogP contribution >= 0.6 is 0 Å². The Morgan fingerprint density at radius 2 is 1.72 bits per heavy atom. The maximum absolute atomic E-state index is 12.4. The summed E-state index contributed by atoms with van der Waals surface area (Å²) in [6.45, 7) is 2.86. The number of ether oxygens (including phenoxy) is 2. The van der Waals surface area contributed by atoms with E-state index in [4.69, 9.17) is 9.47 Å². The number of anilines is 1. The van der Waals surface area contributed by atoms with Crippen molar-refractivity contribution in [3.05, 3.63) is 42.0 Å². The first-order chi connectivity index (χ1) is 18.7. The highest BCUT2D eigenvalue weighted by Crippen LogP contribution is 2.12. The summed E-state index contributed by atoms with van der Waals surface area (Å²) in [6, 6.07) is 5.90. The molecule has 0 aromatic heterocycles. The van der Waals surface area contributed by atoms with Crippen LogP contribution in [-0.4, -0.2) is 84.4 Å². The zero-order valence-corrected chi connectivity index (χ0v) is 21.8. The topological polar surface area (TPSA) is 163 Å². The van der Waals surface area contributed by atoms with Crippen LogP contribution in [-0.2, 0) is 40.1 Å². The van der Waals surface area contributed by atoms with Crippen molar-refractivity contribution in [3.63, 3.8) is 0 Å². The number of hydrogen-bond donors (Lipinski definition) is 3. The van der Waals surface area contributed by atoms with Gasteiger partial charge in [0, 0.05) is 37.3 Å². The molecule has 13 nitrogen and oxygen atoms in total. The van der Waals surface area contributed by atoms with E-state index in [1.165, 1.54) is 24.0 Å². The summed E-state index contributed by atoms with van der Waals surface area (Å²) in [5.41, 5.74) is 1.25. The van der Waals surface area contributed by atoms with Crippen LogP contribution in [0.25, 0.3) is 0 Å². The minimum Gasteiger partial charge on any atom is -0.444 e. The first-order valence-corrected chi connectivity index (χ1v) is 12.7. The van der Waals surface area contributed by atoms with Gasteiger partial charge in [0.2, 0.25) is 17.7 Å². The van der Waals surface area contributed by atoms with Crippen LogP contribution in [0.1, 0.15) is 38.2 Å². The van der Waals surface area contributed by atoms with Crippen molar-refractivity contribution >= 4 is 41.3 Å². The van der Waals surface area contributed by atoms with Gasteiger partial charge in [-0.05, 0) is 37.5 Å². The average Bonchev–Trinajstić information content (AvgIpc) is 3.57. The smallest absolute Gasteiger partial charge is 0.412 e. The number of hydrogen-bond acceptors (Lipinski definition) is 8. The van der Waals surface area contributed by atoms with E-state index in [1.807, 2.05) is 0 Å². The summed E-state index contributed by atoms with van der Waals surface area (Å²) in [4.78, 5) is 74.0. The van der Waals surface area contributed by atoms with Crippen molar-refractivity contribution in [2.75, 3.05) is 38.3 Å². The molecule has 1 saturated heterocycles. The molecule has 0 bridgehead atoms. The van der Waals surface area contributed by atoms with Gasteiger partial charge < -0.3 is 25.4 Å². The Morgan fingerprint density at radius 1 is 1.00 bits per heavy atom. The van der Waals surface area contributed by atoms with Crippen molar-refractivity contribution in [1.82, 2.24) is 20.4 Å². The molecular formula is C26H33N5O8. The lowest BCUT2D eigenvalue weighted by Gasteiger charge is -2.15. The van der Waals surface area contributed by atoms with Gasteiger partial charge in [0.15, 0.2) is 0 Å². The van der Waals surface area contributed by atoms with Crippen LogP contribution in [0.2, 0.25) is 0 Å². The Hall–Kier alpha value is -4.26. The van der Waals surface area contributed by atoms with Crippen LogP contribution in [0.4, 0.5) is 10.5 Å². The molecule has 39 heavy (non-hydrogen) atoms. The molecule has 3 N–H and O–H groups in total. The second-order valence-corrected chi connectivity index (χ2v) is 9.08. The third-order valence-electron chi connectivity index (χ3n) is 6.00. The molecule has 13 heteroatoms. The van der Waals surface area contributed by atoms with Crippen molar-refractivity contribution in [2.24, 2.45) is 0 Å². The van der Waals surface area contributed by atoms with E-state index in [1.54, 1.807) is 24.3 Å². The molecule has 2 aliphatic rings. The predicted molar refractivity (Wildman–Crippen MR) is 138 cm³/mol. The first-order valence-electron chi connectivity index (χ1n) is 12.7. The zero-order chi connectivity index (χ0) is 28.2. The monoisotopic (exact) mass is 543 g/mol. The van der Waals surface area contributed by atoms with Gasteiger partial charge in [-0.25, -0.2) is 4.79 Å². The summed E-state index contributed by atoms with van der Waals surface area (Å²) in [6.07, 6.45) is 4.00. The second kappa shape index (κ2) is 14.6. The molecule has 1 unspecified atom stereocenters. The van der Waals surface area contributed by atoms with Crippen molar-refractivity contribution in [2.45, 2.75) is 45.3 Å². The molecule has 210 valence electrons. The predicted octanol–water partition coefficient (Wildman–Crippen LogP) is 0.658. The van der Waals surface area contributed by atoms with Crippen molar-refractivity contribution in [3.8, 4) is 0 Å². The van der Waals surface area contributed by atoms with E-state index in [-0.39, 0.29) is 44.0 Å². The number of amides is 6. The number of imide groups is 1. The Balaban J connectivity index is 1.26. The zero-order valence-electron chi connectivity index (χ0n) is 21.8. The summed E-state index contributed by atoms with van der Waals surface area (Å²) < 4.78 is 10.3. The molecule has 2 heterocycles. The lowest BCUT2D eigenvalue weighted by Crippen LogP contribution is -2.45. The lowest BCUT2D eigenvalue weighted by atomic mass is 10.2. The summed E-state index contributed by atoms with van der Waals surface area (Å²) >= 11 is 0. The van der Waals surface area contributed by atoms with Gasteiger partial charge in [-0.15, -0.1) is 0 Å². The molecule has 1 fully saturated rings. The van der Waals surface area contributed by atoms with Crippen LogP contribution < -0.4 is 16.0 Å². The van der Waals surface area contributed by atoms with Gasteiger partial charge in [-0.2, -0.15) is 0 Å². The quantitative estimate of drug-likeness (QED) is 0.241. The largest absolute Gasteiger partial charge is 0.444 e. The molecule has 1 atom stereocenters. The molecule has 2 aliphatic heterocycles. The summed E-state index contributed by atoms with van der Waals surface area (Å²) in [5, 5.41) is 7.73. The minimum atomic E-state index is -0.844. The fourth-order valence-electron chi connectivity index (χ4n) is 3.74. The number of unbranched alkanes of at least 4 members (excludes halogenated alkanes) is 2. The number of rotatable bonds is 13. The molecule has 3 rings (SSSR count). The number of carbonyl (C=O) groups excluding carboxylic acids is 6. The molecule has 1 aromatic rings. The second-order valence-electron chi connectivity index (χ2n) is 9.08. The standard InChI is InChI=1S/C26H33N5O8/c1-18(25(36)29-20-8-6-19(7-9-20)16-39-26(37)30-13-14-38-17-30)28-22(33)15-27-21(32)5-3-2-4-12-31-23(34)10-11-24(31)35/h6-11,18H,2-5,12-17H2,1H3,(H,27,32)(H,28,33)(H,29,36). The van der Waals surface area contributed by atoms with Crippen LogP contribution in [0, 0.1) is 0 Å². The fourth-order valence-corrected chi connectivity index (χ4v) is 3.74. The van der Waals surface area contributed by atoms with E-state index >= 15 is 0 Å². The summed E-state index contributed by atoms with van der Waals surface area (Å²) in [7, 11) is 0. The maximum Gasteiger partial charge on any atom is 0.412 e. The van der Waals surface area contributed by atoms with Crippen LogP contribution in [0.15, 0.2) is 36.4 Å². The van der Waals surface area contributed by atoms with E-state index in [9.17, 15) is 28.8 Å². The number of nitrogens with one attached hydrogen (secondary N) is 3. The SMILES string of the molecule is CC(NC(=O)CNC(=O)CCCCCN1C(=O)C=CC1=O)C(=O)Nc1ccc(COC(=O)N2CCOC2)cc1. The van der Waals surface area contributed by atoms with Crippen molar-refractivity contribution < 1.29 is 38.2 Å². The number of nitrogens with zero attached hydrogens (tertiary/aromatic N) is 2. The normalized spacial score (nSPS) is 15.3. The van der Waals surface area contributed by atoms with Gasteiger partial charge in [-0.3, -0.25) is 33.8 Å². The van der Waals surface area contributed by atoms with Gasteiger partial charge in [0.25, 0.3) is 11.8 Å². The molecule has 0 saturated carbocycles. The first kappa shape index (κ1) is 29.3. The van der Waals surface area contributed by atoms with E-state index < -0.39 is 23.9 Å². The van der Waals surface area contributed by atoms with E-state index in [0.29, 0.717) is 44.6 Å². The Morgan fingerprint density at radius 3 is 2.38 bits per heavy atom. The fraction of sp³-hybridized carbons (Fsp3) is 0.462. The van der Waals surface area contributed by atoms with E-state index in [2.05, 4.69) is 16.0 Å². The highest BCUT2D eigenvalue weighted by molar-refractivity contribution is 6.12. The van der Waals surface area contributed by atoms with Gasteiger partial charge in [-0.1, -0.05) is 18.6 Å². The number of carbonyl (C=O) groups is 6. The number of benzene rings is 1. The molecule has 6 amide bonds. The highest BCUT2D eigenvalue weighted by atomic mass is 16.6. The minimum absolute atomic E-state index is 0.0834. The third kappa shape index (κ3) is 9.52. The Labute approximate surface area is 225 Å². The maximum atomic E-state index is 12.4. The van der Waals surface area contributed by atoms with Gasteiger partial charge in [0.05, 0.1) is 13.2 Å². The lowest BCUT2D eigenvalue weighted by molar-refractivity contribution is -0.137. The molecule has 1 aromatic carbocycles. The van der Waals surface area contributed by atoms with E-state index in [0.717, 1.165) is 10.5 Å². The van der Waals surface area contributed by atoms with Crippen molar-refractivity contribution in [1.29, 1.82) is 0 Å². The van der Waals surface area contributed by atoms with Crippen LogP contribution in [0.5, 0.6) is 0 Å². The highest BCUT2D eigenvalue weighted by Gasteiger charge is 2.22. The molecule has 0 aliphatic carbocycles. The Kier molecular flexibility index (Phi) is 11.0. The summed E-state index contributed by atoms with van der Waals surface area (Å²) in [5.74, 6) is -1.91. The average molecular weight is 544 g/mol. The Bertz CT molecular complexity index is 1080. The van der Waals surface area contributed by atoms with Gasteiger partial charge >= 0.3 is 6.09 Å². The molecule has 0 spiro atoms. The molecule has 0 radical (unpaired) electrons. The van der Waals surface area contributed by atoms with Crippen LogP contribution in [0.3, 0.4) is 0 Å².